The van der Waals surface area contributed by atoms with Gasteiger partial charge in [-0.25, -0.2) is 0 Å². The van der Waals surface area contributed by atoms with E-state index < -0.39 is 6.04 Å². The summed E-state index contributed by atoms with van der Waals surface area (Å²) in [5, 5.41) is 7.92. The Bertz CT molecular complexity index is 629. The van der Waals surface area contributed by atoms with Gasteiger partial charge >= 0.3 is 0 Å². The average molecular weight is 348 g/mol. The molecule has 7 heteroatoms. The van der Waals surface area contributed by atoms with E-state index in [1.807, 2.05) is 20.8 Å². The van der Waals surface area contributed by atoms with Crippen molar-refractivity contribution in [1.29, 1.82) is 0 Å². The highest BCUT2D eigenvalue weighted by Crippen LogP contribution is 2.24. The van der Waals surface area contributed by atoms with E-state index >= 15 is 0 Å². The molecule has 0 spiro atoms. The van der Waals surface area contributed by atoms with Crippen LogP contribution in [0.2, 0.25) is 0 Å². The van der Waals surface area contributed by atoms with Gasteiger partial charge in [0.15, 0.2) is 0 Å². The monoisotopic (exact) mass is 348 g/mol. The Morgan fingerprint density at radius 2 is 1.80 bits per heavy atom. The SMILES string of the molecule is CC(C)(C)c1nnc(C(=O)C2CCCN2C(=O)CN2CCCCC2)o1. The van der Waals surface area contributed by atoms with E-state index in [1.165, 1.54) is 6.42 Å². The molecule has 3 rings (SSSR count). The highest BCUT2D eigenvalue weighted by molar-refractivity contribution is 5.98. The zero-order valence-electron chi connectivity index (χ0n) is 15.5. The molecule has 0 radical (unpaired) electrons. The van der Waals surface area contributed by atoms with Gasteiger partial charge in [-0.05, 0) is 38.8 Å². The molecule has 138 valence electrons. The summed E-state index contributed by atoms with van der Waals surface area (Å²) in [6.45, 7) is 8.84. The van der Waals surface area contributed by atoms with Crippen LogP contribution in [-0.4, -0.2) is 63.9 Å². The van der Waals surface area contributed by atoms with E-state index in [0.717, 1.165) is 32.4 Å². The molecule has 1 amide bonds. The van der Waals surface area contributed by atoms with Crippen LogP contribution >= 0.6 is 0 Å². The Kier molecular flexibility index (Phi) is 5.22. The number of ketones is 1. The normalized spacial score (nSPS) is 22.4. The van der Waals surface area contributed by atoms with E-state index in [-0.39, 0.29) is 23.0 Å². The lowest BCUT2D eigenvalue weighted by atomic mass is 9.97. The van der Waals surface area contributed by atoms with Crippen LogP contribution in [0.5, 0.6) is 0 Å². The van der Waals surface area contributed by atoms with Gasteiger partial charge in [-0.1, -0.05) is 27.2 Å². The number of amides is 1. The predicted octanol–water partition coefficient (Wildman–Crippen LogP) is 2.03. The van der Waals surface area contributed by atoms with Crippen LogP contribution in [0.15, 0.2) is 4.42 Å². The Morgan fingerprint density at radius 1 is 1.08 bits per heavy atom. The molecule has 0 saturated carbocycles. The Morgan fingerprint density at radius 3 is 2.44 bits per heavy atom. The first kappa shape index (κ1) is 18.0. The Hall–Kier alpha value is -1.76. The number of nitrogens with zero attached hydrogens (tertiary/aromatic N) is 4. The second-order valence-electron chi connectivity index (χ2n) is 8.11. The quantitative estimate of drug-likeness (QED) is 0.775. The summed E-state index contributed by atoms with van der Waals surface area (Å²) in [5.74, 6) is 0.272. The number of carbonyl (C=O) groups excluding carboxylic acids is 2. The number of aromatic nitrogens is 2. The van der Waals surface area contributed by atoms with E-state index in [0.29, 0.717) is 25.4 Å². The lowest BCUT2D eigenvalue weighted by molar-refractivity contribution is -0.132. The smallest absolute Gasteiger partial charge is 0.286 e. The van der Waals surface area contributed by atoms with Crippen LogP contribution in [0.4, 0.5) is 0 Å². The third-order valence-electron chi connectivity index (χ3n) is 4.96. The molecule has 1 aromatic rings. The zero-order chi connectivity index (χ0) is 18.0. The Labute approximate surface area is 148 Å². The third kappa shape index (κ3) is 4.08. The molecule has 0 aliphatic carbocycles. The molecule has 0 N–H and O–H groups in total. The first-order valence-corrected chi connectivity index (χ1v) is 9.26. The molecule has 25 heavy (non-hydrogen) atoms. The number of piperidine rings is 1. The van der Waals surface area contributed by atoms with Crippen molar-refractivity contribution in [1.82, 2.24) is 20.0 Å². The zero-order valence-corrected chi connectivity index (χ0v) is 15.5. The number of Topliss-reactive ketones (excluding diaryl/α,β-unsaturated/α-hetero) is 1. The van der Waals surface area contributed by atoms with Crippen molar-refractivity contribution in [3.8, 4) is 0 Å². The number of hydrogen-bond acceptors (Lipinski definition) is 6. The predicted molar refractivity (Wildman–Crippen MR) is 92.4 cm³/mol. The standard InChI is InChI=1S/C18H28N4O3/c1-18(2,3)17-20-19-16(25-17)15(24)13-8-7-11-22(13)14(23)12-21-9-5-4-6-10-21/h13H,4-12H2,1-3H3. The van der Waals surface area contributed by atoms with E-state index in [2.05, 4.69) is 15.1 Å². The minimum atomic E-state index is -0.467. The summed E-state index contributed by atoms with van der Waals surface area (Å²) in [6, 6.07) is -0.467. The number of carbonyl (C=O) groups is 2. The second-order valence-corrected chi connectivity index (χ2v) is 8.11. The van der Waals surface area contributed by atoms with Gasteiger partial charge in [0.1, 0.15) is 6.04 Å². The molecule has 1 unspecified atom stereocenters. The van der Waals surface area contributed by atoms with Crippen molar-refractivity contribution in [2.24, 2.45) is 0 Å². The van der Waals surface area contributed by atoms with E-state index in [9.17, 15) is 9.59 Å². The summed E-state index contributed by atoms with van der Waals surface area (Å²) < 4.78 is 5.58. The van der Waals surface area contributed by atoms with Crippen molar-refractivity contribution in [3.05, 3.63) is 11.8 Å². The van der Waals surface area contributed by atoms with Crippen molar-refractivity contribution in [3.63, 3.8) is 0 Å². The van der Waals surface area contributed by atoms with Crippen LogP contribution in [0.1, 0.15) is 69.5 Å². The van der Waals surface area contributed by atoms with Gasteiger partial charge in [0, 0.05) is 12.0 Å². The van der Waals surface area contributed by atoms with Crippen molar-refractivity contribution >= 4 is 11.7 Å². The largest absolute Gasteiger partial charge is 0.418 e. The molecule has 2 aliphatic heterocycles. The molecule has 3 heterocycles. The molecule has 1 atom stereocenters. The van der Waals surface area contributed by atoms with Crippen LogP contribution in [0, 0.1) is 0 Å². The minimum Gasteiger partial charge on any atom is -0.418 e. The third-order valence-corrected chi connectivity index (χ3v) is 4.96. The van der Waals surface area contributed by atoms with Gasteiger partial charge in [-0.2, -0.15) is 0 Å². The van der Waals surface area contributed by atoms with Gasteiger partial charge in [-0.15, -0.1) is 10.2 Å². The molecular formula is C18H28N4O3. The molecule has 2 aliphatic rings. The first-order chi connectivity index (χ1) is 11.9. The summed E-state index contributed by atoms with van der Waals surface area (Å²) >= 11 is 0. The lowest BCUT2D eigenvalue weighted by Crippen LogP contribution is -2.46. The van der Waals surface area contributed by atoms with Gasteiger partial charge in [0.2, 0.25) is 17.6 Å². The second kappa shape index (κ2) is 7.23. The fraction of sp³-hybridized carbons (Fsp3) is 0.778. The first-order valence-electron chi connectivity index (χ1n) is 9.26. The molecule has 2 saturated heterocycles. The van der Waals surface area contributed by atoms with Crippen molar-refractivity contribution < 1.29 is 14.0 Å². The number of rotatable bonds is 4. The number of hydrogen-bond donors (Lipinski definition) is 0. The molecule has 7 nitrogen and oxygen atoms in total. The maximum absolute atomic E-state index is 12.8. The summed E-state index contributed by atoms with van der Waals surface area (Å²) in [4.78, 5) is 29.4. The Balaban J connectivity index is 1.67. The minimum absolute atomic E-state index is 0.0209. The van der Waals surface area contributed by atoms with Crippen molar-refractivity contribution in [2.75, 3.05) is 26.2 Å². The maximum atomic E-state index is 12.8. The molecule has 0 bridgehead atoms. The summed E-state index contributed by atoms with van der Waals surface area (Å²) in [5.41, 5.74) is -0.301. The number of likely N-dealkylation sites (tertiary alicyclic amines) is 2. The fourth-order valence-corrected chi connectivity index (χ4v) is 3.51. The molecule has 0 aromatic carbocycles. The molecule has 1 aromatic heterocycles. The van der Waals surface area contributed by atoms with E-state index in [1.54, 1.807) is 4.90 Å². The van der Waals surface area contributed by atoms with Gasteiger partial charge in [0.25, 0.3) is 5.89 Å². The molecule has 2 fully saturated rings. The van der Waals surface area contributed by atoms with Gasteiger partial charge < -0.3 is 9.32 Å². The van der Waals surface area contributed by atoms with Crippen LogP contribution in [-0.2, 0) is 10.2 Å². The topological polar surface area (TPSA) is 79.5 Å². The van der Waals surface area contributed by atoms with Gasteiger partial charge in [0.05, 0.1) is 6.54 Å². The fourth-order valence-electron chi connectivity index (χ4n) is 3.51. The summed E-state index contributed by atoms with van der Waals surface area (Å²) in [7, 11) is 0. The maximum Gasteiger partial charge on any atom is 0.286 e. The van der Waals surface area contributed by atoms with Crippen LogP contribution < -0.4 is 0 Å². The highest BCUT2D eigenvalue weighted by atomic mass is 16.4. The van der Waals surface area contributed by atoms with Crippen LogP contribution in [0.3, 0.4) is 0 Å². The summed E-state index contributed by atoms with van der Waals surface area (Å²) in [6.07, 6.45) is 5.03. The lowest BCUT2D eigenvalue weighted by Gasteiger charge is -2.29. The molecular weight excluding hydrogens is 320 g/mol. The highest BCUT2D eigenvalue weighted by Gasteiger charge is 2.38. The van der Waals surface area contributed by atoms with Crippen molar-refractivity contribution in [2.45, 2.75) is 64.3 Å². The van der Waals surface area contributed by atoms with Gasteiger partial charge in [-0.3, -0.25) is 14.5 Å². The van der Waals surface area contributed by atoms with Crippen LogP contribution in [0.25, 0.3) is 0 Å². The van der Waals surface area contributed by atoms with E-state index in [4.69, 9.17) is 4.42 Å². The average Bonchev–Trinajstić information content (AvgIpc) is 3.24.